The van der Waals surface area contributed by atoms with Crippen LogP contribution in [0.25, 0.3) is 0 Å². The topological polar surface area (TPSA) is 328 Å². The number of hydrogen-bond donors (Lipinski definition) is 7. The van der Waals surface area contributed by atoms with Crippen molar-refractivity contribution >= 4 is 70.7 Å². The zero-order valence-corrected chi connectivity index (χ0v) is 42.2. The molecule has 7 N–H and O–H groups in total. The van der Waals surface area contributed by atoms with Gasteiger partial charge in [-0.05, 0) is 78.8 Å². The van der Waals surface area contributed by atoms with Crippen LogP contribution in [0.15, 0.2) is 24.3 Å². The van der Waals surface area contributed by atoms with Gasteiger partial charge in [0.25, 0.3) is 11.8 Å². The van der Waals surface area contributed by atoms with E-state index in [0.29, 0.717) is 70.3 Å². The number of hydrogen-bond acceptors (Lipinski definition) is 19. The molecule has 0 spiro atoms. The summed E-state index contributed by atoms with van der Waals surface area (Å²) in [5.74, 6) is -4.33. The van der Waals surface area contributed by atoms with E-state index < -0.39 is 72.6 Å². The van der Waals surface area contributed by atoms with Gasteiger partial charge >= 0.3 is 23.9 Å². The highest BCUT2D eigenvalue weighted by Gasteiger charge is 2.47. The number of amides is 6. The number of nitrogens with one attached hydrogen (secondary N) is 5. The molecule has 7 aliphatic heterocycles. The number of anilines is 2. The molecule has 1 aromatic carbocycles. The second kappa shape index (κ2) is 26.4. The van der Waals surface area contributed by atoms with Gasteiger partial charge in [-0.25, -0.2) is 14.8 Å². The Bertz CT molecular complexity index is 2190. The van der Waals surface area contributed by atoms with Gasteiger partial charge in [0.15, 0.2) is 6.04 Å². The molecule has 6 amide bonds. The number of esters is 2. The standard InChI is InChI=1S/C16H24N4O6.C13H17N3O3.C11H17N3O4.C6H11NO3/c1-17-9-5-6-12(21)19-7-3-4-11(20(19)15(9)24)14(23)18-10-8-13(22)26-16(10)25-2;1-14-9-7-15(2)10-5-3-4-6-11(10)16(13(9)19)8-12(17)18;1-12-7-4-5-9(15)13-6-2-3-8(11(17)18)14(13)10(7)16;1-7-4-3-5(8)10-6(4)9-2/h9-11,16-17H,3-8H2,1-2H3,(H,18,23);3-6,9,14H,7-8H2,1-2H3,(H,17,18);7-8,12H,2-6H2,1H3,(H,17,18);4,6-7H,3H2,1-2H3/t9-,10-,11-,16?;9-;7-,8?;4-,6?/m0000/s1. The van der Waals surface area contributed by atoms with E-state index in [-0.39, 0.29) is 67.4 Å². The first kappa shape index (κ1) is 57.4. The number of methoxy groups -OCH3 is 2. The predicted octanol–water partition coefficient (Wildman–Crippen LogP) is -2.67. The zero-order chi connectivity index (χ0) is 53.7. The molecule has 27 heteroatoms. The Morgan fingerprint density at radius 1 is 0.644 bits per heavy atom. The molecular weight excluding hydrogens is 963 g/mol. The molecule has 6 fully saturated rings. The van der Waals surface area contributed by atoms with Gasteiger partial charge in [-0.1, -0.05) is 12.1 Å². The number of likely N-dealkylation sites (N-methyl/N-ethyl adjacent to an activating group) is 5. The monoisotopic (exact) mass is 1030 g/mol. The first-order valence-electron chi connectivity index (χ1n) is 24.1. The number of carboxylic acids is 2. The van der Waals surface area contributed by atoms with Crippen LogP contribution in [-0.2, 0) is 66.9 Å². The lowest BCUT2D eigenvalue weighted by atomic mass is 10.0. The minimum absolute atomic E-state index is 0.00665. The highest BCUT2D eigenvalue weighted by atomic mass is 16.7. The fraction of sp³-hybridized carbons (Fsp3) is 0.652. The van der Waals surface area contributed by atoms with Crippen LogP contribution in [-0.4, -0.2) is 220 Å². The first-order valence-corrected chi connectivity index (χ1v) is 24.1. The molecule has 0 aromatic heterocycles. The normalized spacial score (nSPS) is 28.0. The van der Waals surface area contributed by atoms with Crippen molar-refractivity contribution in [3.05, 3.63) is 24.3 Å². The molecule has 7 heterocycles. The fourth-order valence-corrected chi connectivity index (χ4v) is 9.48. The van der Waals surface area contributed by atoms with Crippen LogP contribution >= 0.6 is 0 Å². The summed E-state index contributed by atoms with van der Waals surface area (Å²) in [5, 5.41) is 37.7. The third-order valence-electron chi connectivity index (χ3n) is 13.3. The van der Waals surface area contributed by atoms with Crippen LogP contribution in [0.2, 0.25) is 0 Å². The fourth-order valence-electron chi connectivity index (χ4n) is 9.48. The Labute approximate surface area is 422 Å². The van der Waals surface area contributed by atoms with Crippen LogP contribution in [0.3, 0.4) is 0 Å². The number of carbonyl (C=O) groups excluding carboxylic acids is 8. The number of nitrogens with zero attached hydrogens (tertiary/aromatic N) is 6. The molecule has 1 aromatic rings. The Kier molecular flexibility index (Phi) is 20.8. The van der Waals surface area contributed by atoms with Gasteiger partial charge in [0.1, 0.15) is 24.7 Å². The first-order chi connectivity index (χ1) is 34.8. The van der Waals surface area contributed by atoms with Gasteiger partial charge in [0.2, 0.25) is 36.2 Å². The summed E-state index contributed by atoms with van der Waals surface area (Å²) in [7, 11) is 11.6. The van der Waals surface area contributed by atoms with Gasteiger partial charge in [-0.15, -0.1) is 0 Å². The van der Waals surface area contributed by atoms with Gasteiger partial charge < -0.3 is 60.6 Å². The smallest absolute Gasteiger partial charge is 0.328 e. The lowest BCUT2D eigenvalue weighted by Gasteiger charge is -2.43. The molecule has 3 unspecified atom stereocenters. The SMILES string of the molecule is CN[C@H]1CC(=O)OC1OC.CN[C@H]1CCC(=O)N2CCCC(C(=O)O)N2C1=O.CN[C@H]1CCC(=O)N2CCC[C@@H](C(=O)N[C@H]3CC(=O)OC3OC)N2C1=O.CN[C@H]1CN(C)c2ccccc2N(CC(=O)O)C1=O. The van der Waals surface area contributed by atoms with Gasteiger partial charge in [-0.3, -0.25) is 58.1 Å². The van der Waals surface area contributed by atoms with Crippen molar-refractivity contribution in [3.8, 4) is 0 Å². The van der Waals surface area contributed by atoms with Crippen molar-refractivity contribution < 1.29 is 77.1 Å². The predicted molar refractivity (Wildman–Crippen MR) is 255 cm³/mol. The van der Waals surface area contributed by atoms with E-state index in [1.807, 2.05) is 24.1 Å². The second-order valence-corrected chi connectivity index (χ2v) is 17.9. The van der Waals surface area contributed by atoms with Crippen LogP contribution < -0.4 is 36.4 Å². The van der Waals surface area contributed by atoms with Crippen molar-refractivity contribution in [1.82, 2.24) is 46.6 Å². The second-order valence-electron chi connectivity index (χ2n) is 17.9. The van der Waals surface area contributed by atoms with Crippen LogP contribution in [0.1, 0.15) is 64.2 Å². The van der Waals surface area contributed by atoms with E-state index in [1.165, 1.54) is 34.1 Å². The maximum absolute atomic E-state index is 12.9. The number of benzene rings is 1. The molecule has 0 radical (unpaired) electrons. The molecule has 0 bridgehead atoms. The lowest BCUT2D eigenvalue weighted by molar-refractivity contribution is -0.180. The van der Waals surface area contributed by atoms with Crippen molar-refractivity contribution in [2.75, 3.05) is 85.4 Å². The Hall–Kier alpha value is -6.52. The summed E-state index contributed by atoms with van der Waals surface area (Å²) in [5.41, 5.74) is 1.49. The number of cyclic esters (lactones) is 2. The summed E-state index contributed by atoms with van der Waals surface area (Å²) in [6.07, 6.45) is 2.52. The van der Waals surface area contributed by atoms with Gasteiger partial charge in [0, 0.05) is 53.7 Å². The summed E-state index contributed by atoms with van der Waals surface area (Å²) >= 11 is 0. The molecule has 8 rings (SSSR count). The van der Waals surface area contributed by atoms with E-state index >= 15 is 0 Å². The number of rotatable bonds is 11. The number of hydrazine groups is 2. The largest absolute Gasteiger partial charge is 0.480 e. The van der Waals surface area contributed by atoms with E-state index in [9.17, 15) is 53.1 Å². The van der Waals surface area contributed by atoms with Crippen molar-refractivity contribution in [1.29, 1.82) is 0 Å². The minimum atomic E-state index is -1.06. The van der Waals surface area contributed by atoms with Crippen molar-refractivity contribution in [3.63, 3.8) is 0 Å². The molecule has 404 valence electrons. The number of fused-ring (bicyclic) bond motifs is 3. The maximum atomic E-state index is 12.9. The number of carbonyl (C=O) groups is 10. The summed E-state index contributed by atoms with van der Waals surface area (Å²) < 4.78 is 19.7. The Morgan fingerprint density at radius 3 is 1.59 bits per heavy atom. The highest BCUT2D eigenvalue weighted by molar-refractivity contribution is 6.04. The molecule has 0 saturated carbocycles. The third kappa shape index (κ3) is 13.8. The van der Waals surface area contributed by atoms with Crippen LogP contribution in [0.5, 0.6) is 0 Å². The quantitative estimate of drug-likeness (QED) is 0.111. The van der Waals surface area contributed by atoms with Crippen molar-refractivity contribution in [2.45, 2.75) is 119 Å². The van der Waals surface area contributed by atoms with Crippen molar-refractivity contribution in [2.24, 2.45) is 0 Å². The average Bonchev–Trinajstić information content (AvgIpc) is 3.85. The number of para-hydroxylation sites is 2. The molecular formula is C46H69N11O16. The van der Waals surface area contributed by atoms with E-state index in [1.54, 1.807) is 40.3 Å². The lowest BCUT2D eigenvalue weighted by Crippen LogP contribution is -2.64. The molecule has 9 atom stereocenters. The van der Waals surface area contributed by atoms with Gasteiger partial charge in [-0.2, -0.15) is 0 Å². The van der Waals surface area contributed by atoms with E-state index in [4.69, 9.17) is 24.1 Å². The summed E-state index contributed by atoms with van der Waals surface area (Å²) in [6, 6.07) is 3.57. The zero-order valence-electron chi connectivity index (χ0n) is 42.2. The Morgan fingerprint density at radius 2 is 1.12 bits per heavy atom. The minimum Gasteiger partial charge on any atom is -0.480 e. The molecule has 73 heavy (non-hydrogen) atoms. The average molecular weight is 1030 g/mol. The maximum Gasteiger partial charge on any atom is 0.328 e. The van der Waals surface area contributed by atoms with E-state index in [2.05, 4.69) is 26.6 Å². The number of ether oxygens (including phenoxy) is 4. The summed E-state index contributed by atoms with van der Waals surface area (Å²) in [4.78, 5) is 122. The highest BCUT2D eigenvalue weighted by Crippen LogP contribution is 2.32. The molecule has 0 aliphatic carbocycles. The number of carboxylic acid groups (broad SMARTS) is 2. The molecule has 6 saturated heterocycles. The van der Waals surface area contributed by atoms with Crippen LogP contribution in [0.4, 0.5) is 11.4 Å². The summed E-state index contributed by atoms with van der Waals surface area (Å²) in [6.45, 7) is 1.01. The third-order valence-corrected chi connectivity index (χ3v) is 13.3. The van der Waals surface area contributed by atoms with E-state index in [0.717, 1.165) is 10.7 Å². The molecule has 27 nitrogen and oxygen atoms in total. The van der Waals surface area contributed by atoms with Gasteiger partial charge in [0.05, 0.1) is 42.3 Å². The molecule has 7 aliphatic rings. The van der Waals surface area contributed by atoms with Crippen LogP contribution in [0, 0.1) is 0 Å². The Balaban J connectivity index is 0.000000189. The number of aliphatic carboxylic acids is 2.